The molecule has 0 bridgehead atoms. The van der Waals surface area contributed by atoms with Crippen molar-refractivity contribution in [2.45, 2.75) is 19.6 Å². The molecule has 0 unspecified atom stereocenters. The van der Waals surface area contributed by atoms with E-state index in [2.05, 4.69) is 4.98 Å². The molecular formula is C13H15ClF3N3O. The van der Waals surface area contributed by atoms with Crippen LogP contribution in [-0.2, 0) is 17.5 Å². The average molecular weight is 322 g/mol. The fourth-order valence-corrected chi connectivity index (χ4v) is 2.40. The SMILES string of the molecule is CC(=O)N1CCN(Cc2ncc(C(F)(F)F)cc2Cl)CC1. The quantitative estimate of drug-likeness (QED) is 0.839. The van der Waals surface area contributed by atoms with Crippen LogP contribution in [0, 0.1) is 0 Å². The number of halogens is 4. The van der Waals surface area contributed by atoms with E-state index in [0.29, 0.717) is 38.4 Å². The maximum atomic E-state index is 12.5. The van der Waals surface area contributed by atoms with Gasteiger partial charge in [0.25, 0.3) is 0 Å². The monoisotopic (exact) mass is 321 g/mol. The van der Waals surface area contributed by atoms with Gasteiger partial charge in [0, 0.05) is 45.8 Å². The Bertz CT molecular complexity index is 528. The van der Waals surface area contributed by atoms with E-state index in [0.717, 1.165) is 12.3 Å². The predicted octanol–water partition coefficient (Wildman–Crippen LogP) is 2.42. The van der Waals surface area contributed by atoms with Gasteiger partial charge in [-0.1, -0.05) is 11.6 Å². The van der Waals surface area contributed by atoms with Crippen molar-refractivity contribution in [1.82, 2.24) is 14.8 Å². The number of amides is 1. The zero-order valence-electron chi connectivity index (χ0n) is 11.5. The highest BCUT2D eigenvalue weighted by Gasteiger charge is 2.31. The van der Waals surface area contributed by atoms with E-state index in [1.54, 1.807) is 4.90 Å². The summed E-state index contributed by atoms with van der Waals surface area (Å²) in [6, 6.07) is 0.899. The van der Waals surface area contributed by atoms with Gasteiger partial charge in [-0.3, -0.25) is 14.7 Å². The summed E-state index contributed by atoms with van der Waals surface area (Å²) in [6.45, 7) is 4.41. The van der Waals surface area contributed by atoms with E-state index >= 15 is 0 Å². The molecule has 2 rings (SSSR count). The number of hydrogen-bond donors (Lipinski definition) is 0. The Labute approximate surface area is 125 Å². The summed E-state index contributed by atoms with van der Waals surface area (Å²) >= 11 is 5.88. The standard InChI is InChI=1S/C13H15ClF3N3O/c1-9(21)20-4-2-19(3-5-20)8-12-11(14)6-10(7-18-12)13(15,16)17/h6-7H,2-5,8H2,1H3. The van der Waals surface area contributed by atoms with Crippen LogP contribution in [0.2, 0.25) is 5.02 Å². The van der Waals surface area contributed by atoms with Gasteiger partial charge in [0.15, 0.2) is 0 Å². The minimum atomic E-state index is -4.44. The average Bonchev–Trinajstić information content (AvgIpc) is 2.40. The van der Waals surface area contributed by atoms with E-state index in [9.17, 15) is 18.0 Å². The number of piperazine rings is 1. The van der Waals surface area contributed by atoms with Gasteiger partial charge >= 0.3 is 6.18 Å². The third-order valence-electron chi connectivity index (χ3n) is 3.44. The van der Waals surface area contributed by atoms with Gasteiger partial charge in [0.05, 0.1) is 16.3 Å². The lowest BCUT2D eigenvalue weighted by molar-refractivity contribution is -0.137. The van der Waals surface area contributed by atoms with Crippen molar-refractivity contribution in [3.8, 4) is 0 Å². The van der Waals surface area contributed by atoms with Crippen molar-refractivity contribution in [2.75, 3.05) is 26.2 Å². The fraction of sp³-hybridized carbons (Fsp3) is 0.538. The molecule has 0 N–H and O–H groups in total. The second kappa shape index (κ2) is 6.19. The van der Waals surface area contributed by atoms with Crippen LogP contribution in [0.3, 0.4) is 0 Å². The number of nitrogens with zero attached hydrogens (tertiary/aromatic N) is 3. The summed E-state index contributed by atoms with van der Waals surface area (Å²) < 4.78 is 37.6. The van der Waals surface area contributed by atoms with Gasteiger partial charge in [-0.05, 0) is 6.07 Å². The number of pyridine rings is 1. The molecule has 1 amide bonds. The second-order valence-corrected chi connectivity index (χ2v) is 5.34. The Kier molecular flexibility index (Phi) is 4.73. The lowest BCUT2D eigenvalue weighted by Gasteiger charge is -2.34. The molecule has 0 saturated carbocycles. The molecule has 1 aliphatic rings. The number of rotatable bonds is 2. The predicted molar refractivity (Wildman–Crippen MR) is 71.8 cm³/mol. The number of alkyl halides is 3. The van der Waals surface area contributed by atoms with Gasteiger partial charge < -0.3 is 4.90 Å². The van der Waals surface area contributed by atoms with Crippen LogP contribution in [0.4, 0.5) is 13.2 Å². The third-order valence-corrected chi connectivity index (χ3v) is 3.76. The van der Waals surface area contributed by atoms with Crippen molar-refractivity contribution >= 4 is 17.5 Å². The highest BCUT2D eigenvalue weighted by atomic mass is 35.5. The molecule has 0 spiro atoms. The summed E-state index contributed by atoms with van der Waals surface area (Å²) in [5.41, 5.74) is -0.432. The van der Waals surface area contributed by atoms with Gasteiger partial charge in [-0.2, -0.15) is 13.2 Å². The lowest BCUT2D eigenvalue weighted by atomic mass is 10.2. The van der Waals surface area contributed by atoms with Crippen LogP contribution in [0.5, 0.6) is 0 Å². The maximum Gasteiger partial charge on any atom is 0.417 e. The number of hydrogen-bond acceptors (Lipinski definition) is 3. The van der Waals surface area contributed by atoms with Gasteiger partial charge in [-0.15, -0.1) is 0 Å². The molecule has 1 aromatic heterocycles. The lowest BCUT2D eigenvalue weighted by Crippen LogP contribution is -2.47. The Morgan fingerprint density at radius 2 is 1.95 bits per heavy atom. The summed E-state index contributed by atoms with van der Waals surface area (Å²) in [5.74, 6) is 0.0281. The Hall–Kier alpha value is -1.34. The highest BCUT2D eigenvalue weighted by molar-refractivity contribution is 6.31. The van der Waals surface area contributed by atoms with Crippen LogP contribution >= 0.6 is 11.6 Å². The number of carbonyl (C=O) groups is 1. The van der Waals surface area contributed by atoms with E-state index in [1.807, 2.05) is 4.90 Å². The summed E-state index contributed by atoms with van der Waals surface area (Å²) in [5, 5.41) is 0.0128. The Balaban J connectivity index is 2.00. The van der Waals surface area contributed by atoms with Crippen LogP contribution in [-0.4, -0.2) is 46.9 Å². The van der Waals surface area contributed by atoms with Crippen molar-refractivity contribution in [2.24, 2.45) is 0 Å². The van der Waals surface area contributed by atoms with Crippen LogP contribution < -0.4 is 0 Å². The fourth-order valence-electron chi connectivity index (χ4n) is 2.17. The molecule has 1 saturated heterocycles. The second-order valence-electron chi connectivity index (χ2n) is 4.93. The largest absolute Gasteiger partial charge is 0.417 e. The van der Waals surface area contributed by atoms with Crippen LogP contribution in [0.1, 0.15) is 18.2 Å². The first-order chi connectivity index (χ1) is 9.77. The van der Waals surface area contributed by atoms with Gasteiger partial charge in [0.1, 0.15) is 0 Å². The molecular weight excluding hydrogens is 307 g/mol. The molecule has 1 aliphatic heterocycles. The molecule has 8 heteroatoms. The maximum absolute atomic E-state index is 12.5. The van der Waals surface area contributed by atoms with E-state index in [-0.39, 0.29) is 10.9 Å². The molecule has 4 nitrogen and oxygen atoms in total. The summed E-state index contributed by atoms with van der Waals surface area (Å²) in [6.07, 6.45) is -3.64. The Morgan fingerprint density at radius 3 is 2.43 bits per heavy atom. The number of carbonyl (C=O) groups excluding carboxylic acids is 1. The molecule has 0 radical (unpaired) electrons. The minimum absolute atomic E-state index is 0.0128. The zero-order valence-corrected chi connectivity index (χ0v) is 12.2. The molecule has 0 atom stereocenters. The molecule has 0 aromatic carbocycles. The van der Waals surface area contributed by atoms with Crippen molar-refractivity contribution in [3.63, 3.8) is 0 Å². The first-order valence-corrected chi connectivity index (χ1v) is 6.84. The van der Waals surface area contributed by atoms with Crippen molar-refractivity contribution in [1.29, 1.82) is 0 Å². The zero-order chi connectivity index (χ0) is 15.6. The third kappa shape index (κ3) is 4.07. The first-order valence-electron chi connectivity index (χ1n) is 6.47. The van der Waals surface area contributed by atoms with Gasteiger partial charge in [-0.25, -0.2) is 0 Å². The highest BCUT2D eigenvalue weighted by Crippen LogP contribution is 2.31. The normalized spacial score (nSPS) is 17.1. The molecule has 0 aliphatic carbocycles. The molecule has 2 heterocycles. The topological polar surface area (TPSA) is 36.4 Å². The van der Waals surface area contributed by atoms with E-state index < -0.39 is 11.7 Å². The van der Waals surface area contributed by atoms with Crippen molar-refractivity contribution in [3.05, 3.63) is 28.5 Å². The van der Waals surface area contributed by atoms with Gasteiger partial charge in [0.2, 0.25) is 5.91 Å². The molecule has 116 valence electrons. The minimum Gasteiger partial charge on any atom is -0.340 e. The molecule has 21 heavy (non-hydrogen) atoms. The number of aromatic nitrogens is 1. The molecule has 1 aromatic rings. The van der Waals surface area contributed by atoms with Crippen LogP contribution in [0.15, 0.2) is 12.3 Å². The van der Waals surface area contributed by atoms with E-state index in [1.165, 1.54) is 6.92 Å². The summed E-state index contributed by atoms with van der Waals surface area (Å²) in [4.78, 5) is 18.8. The molecule has 1 fully saturated rings. The smallest absolute Gasteiger partial charge is 0.340 e. The van der Waals surface area contributed by atoms with Crippen molar-refractivity contribution < 1.29 is 18.0 Å². The first kappa shape index (κ1) is 16.0. The van der Waals surface area contributed by atoms with Crippen LogP contribution in [0.25, 0.3) is 0 Å². The van der Waals surface area contributed by atoms with E-state index in [4.69, 9.17) is 11.6 Å². The Morgan fingerprint density at radius 1 is 1.33 bits per heavy atom. The summed E-state index contributed by atoms with van der Waals surface area (Å²) in [7, 11) is 0.